The van der Waals surface area contributed by atoms with Gasteiger partial charge in [-0.3, -0.25) is 0 Å². The molecule has 9 aromatic carbocycles. The molecule has 56 heavy (non-hydrogen) atoms. The van der Waals surface area contributed by atoms with Crippen molar-refractivity contribution in [1.29, 1.82) is 0 Å². The van der Waals surface area contributed by atoms with Gasteiger partial charge in [-0.2, -0.15) is 0 Å². The lowest BCUT2D eigenvalue weighted by Gasteiger charge is -2.29. The third kappa shape index (κ3) is 6.04. The summed E-state index contributed by atoms with van der Waals surface area (Å²) in [5, 5.41) is 2.21. The van der Waals surface area contributed by atoms with Crippen molar-refractivity contribution in [2.24, 2.45) is 0 Å². The van der Waals surface area contributed by atoms with Gasteiger partial charge >= 0.3 is 0 Å². The standard InChI is InChI=1S/C54H37NO/c1-4-16-38(17-5-1)40-28-32-43(33-29-40)55(44-34-30-41(31-35-44)39-18-6-2-7-19-39)50-26-14-12-23-46(50)48-36-37-52-54(49-25-13-15-27-51(49)56-52)53(48)47-24-11-10-22-45(47)42-20-8-3-9-21-42/h1-37H. The summed E-state index contributed by atoms with van der Waals surface area (Å²) in [6.45, 7) is 0. The van der Waals surface area contributed by atoms with Gasteiger partial charge in [-0.1, -0.05) is 176 Å². The number of hydrogen-bond donors (Lipinski definition) is 0. The highest BCUT2D eigenvalue weighted by Gasteiger charge is 2.24. The molecule has 0 saturated carbocycles. The molecule has 1 heterocycles. The number of fused-ring (bicyclic) bond motifs is 3. The summed E-state index contributed by atoms with van der Waals surface area (Å²) in [6.07, 6.45) is 0. The molecule has 0 fully saturated rings. The minimum atomic E-state index is 0.871. The van der Waals surface area contributed by atoms with E-state index in [1.54, 1.807) is 0 Å². The molecule has 0 aliphatic rings. The van der Waals surface area contributed by atoms with Gasteiger partial charge < -0.3 is 9.32 Å². The molecule has 0 aliphatic heterocycles. The molecule has 10 rings (SSSR count). The molecule has 2 nitrogen and oxygen atoms in total. The van der Waals surface area contributed by atoms with Crippen LogP contribution in [0.2, 0.25) is 0 Å². The van der Waals surface area contributed by atoms with E-state index in [0.717, 1.165) is 61.3 Å². The van der Waals surface area contributed by atoms with E-state index in [1.807, 2.05) is 6.07 Å². The van der Waals surface area contributed by atoms with Gasteiger partial charge in [-0.05, 0) is 93.0 Å². The normalized spacial score (nSPS) is 11.2. The van der Waals surface area contributed by atoms with Gasteiger partial charge in [0.25, 0.3) is 0 Å². The zero-order valence-corrected chi connectivity index (χ0v) is 30.7. The highest BCUT2D eigenvalue weighted by molar-refractivity contribution is 6.18. The Balaban J connectivity index is 1.22. The summed E-state index contributed by atoms with van der Waals surface area (Å²) in [5.41, 5.74) is 16.6. The predicted octanol–water partition coefficient (Wildman–Crippen LogP) is 15.4. The second kappa shape index (κ2) is 14.4. The number of anilines is 3. The summed E-state index contributed by atoms with van der Waals surface area (Å²) in [7, 11) is 0. The van der Waals surface area contributed by atoms with E-state index < -0.39 is 0 Å². The lowest BCUT2D eigenvalue weighted by Crippen LogP contribution is -2.11. The van der Waals surface area contributed by atoms with E-state index in [2.05, 4.69) is 223 Å². The molecule has 0 spiro atoms. The van der Waals surface area contributed by atoms with Crippen molar-refractivity contribution < 1.29 is 4.42 Å². The fraction of sp³-hybridized carbons (Fsp3) is 0. The second-order valence-electron chi connectivity index (χ2n) is 14.0. The van der Waals surface area contributed by atoms with E-state index in [1.165, 1.54) is 33.4 Å². The average molecular weight is 716 g/mol. The van der Waals surface area contributed by atoms with Gasteiger partial charge in [0, 0.05) is 33.3 Å². The van der Waals surface area contributed by atoms with E-state index in [9.17, 15) is 0 Å². The van der Waals surface area contributed by atoms with Crippen LogP contribution >= 0.6 is 0 Å². The molecule has 0 saturated heterocycles. The van der Waals surface area contributed by atoms with Crippen LogP contribution in [0.4, 0.5) is 17.1 Å². The second-order valence-corrected chi connectivity index (χ2v) is 14.0. The van der Waals surface area contributed by atoms with Crippen molar-refractivity contribution in [3.63, 3.8) is 0 Å². The Morgan fingerprint density at radius 3 is 1.36 bits per heavy atom. The molecule has 0 aliphatic carbocycles. The summed E-state index contributed by atoms with van der Waals surface area (Å²) < 4.78 is 6.55. The smallest absolute Gasteiger partial charge is 0.136 e. The predicted molar refractivity (Wildman–Crippen MR) is 236 cm³/mol. The first kappa shape index (κ1) is 33.2. The van der Waals surface area contributed by atoms with Gasteiger partial charge in [-0.25, -0.2) is 0 Å². The Morgan fingerprint density at radius 2 is 0.750 bits per heavy atom. The maximum atomic E-state index is 6.55. The fourth-order valence-electron chi connectivity index (χ4n) is 8.08. The Labute approximate surface area is 327 Å². The van der Waals surface area contributed by atoms with Crippen LogP contribution in [0.25, 0.3) is 77.6 Å². The third-order valence-electron chi connectivity index (χ3n) is 10.7. The van der Waals surface area contributed by atoms with E-state index in [-0.39, 0.29) is 0 Å². The van der Waals surface area contributed by atoms with Crippen LogP contribution < -0.4 is 4.90 Å². The van der Waals surface area contributed by atoms with Crippen LogP contribution in [0, 0.1) is 0 Å². The number of nitrogens with zero attached hydrogens (tertiary/aromatic N) is 1. The SMILES string of the molecule is c1ccc(-c2ccc(N(c3ccc(-c4ccccc4)cc3)c3ccccc3-c3ccc4oc5ccccc5c4c3-c3ccccc3-c3ccccc3)cc2)cc1. The number of furan rings is 1. The van der Waals surface area contributed by atoms with Crippen molar-refractivity contribution in [2.75, 3.05) is 4.90 Å². The summed E-state index contributed by atoms with van der Waals surface area (Å²) in [5.74, 6) is 0. The van der Waals surface area contributed by atoms with Gasteiger partial charge in [0.15, 0.2) is 0 Å². The highest BCUT2D eigenvalue weighted by atomic mass is 16.3. The Hall–Kier alpha value is -7.42. The molecule has 0 radical (unpaired) electrons. The number of hydrogen-bond acceptors (Lipinski definition) is 2. The van der Waals surface area contributed by atoms with E-state index >= 15 is 0 Å². The highest BCUT2D eigenvalue weighted by Crippen LogP contribution is 2.49. The number of rotatable bonds is 8. The van der Waals surface area contributed by atoms with Gasteiger partial charge in [0.1, 0.15) is 11.2 Å². The van der Waals surface area contributed by atoms with Crippen molar-refractivity contribution in [3.05, 3.63) is 224 Å². The first-order valence-corrected chi connectivity index (χ1v) is 19.1. The zero-order chi connectivity index (χ0) is 37.3. The van der Waals surface area contributed by atoms with Crippen molar-refractivity contribution in [3.8, 4) is 55.6 Å². The Bertz CT molecular complexity index is 2850. The van der Waals surface area contributed by atoms with Crippen molar-refractivity contribution >= 4 is 39.0 Å². The molecule has 1 aromatic heterocycles. The first-order chi connectivity index (χ1) is 27.8. The molecular weight excluding hydrogens is 679 g/mol. The van der Waals surface area contributed by atoms with Crippen LogP contribution in [-0.4, -0.2) is 0 Å². The fourth-order valence-corrected chi connectivity index (χ4v) is 8.08. The molecular formula is C54H37NO. The Kier molecular flexibility index (Phi) is 8.55. The van der Waals surface area contributed by atoms with Crippen LogP contribution in [-0.2, 0) is 0 Å². The monoisotopic (exact) mass is 715 g/mol. The molecule has 0 N–H and O–H groups in total. The molecule has 10 aromatic rings. The van der Waals surface area contributed by atoms with Crippen molar-refractivity contribution in [1.82, 2.24) is 0 Å². The largest absolute Gasteiger partial charge is 0.456 e. The topological polar surface area (TPSA) is 16.4 Å². The summed E-state index contributed by atoms with van der Waals surface area (Å²) in [4.78, 5) is 2.39. The average Bonchev–Trinajstić information content (AvgIpc) is 3.67. The van der Waals surface area contributed by atoms with E-state index in [4.69, 9.17) is 4.42 Å². The van der Waals surface area contributed by atoms with Gasteiger partial charge in [-0.15, -0.1) is 0 Å². The minimum Gasteiger partial charge on any atom is -0.456 e. The number of para-hydroxylation sites is 2. The molecule has 0 bridgehead atoms. The minimum absolute atomic E-state index is 0.871. The maximum absolute atomic E-state index is 6.55. The third-order valence-corrected chi connectivity index (χ3v) is 10.7. The summed E-state index contributed by atoms with van der Waals surface area (Å²) in [6, 6.07) is 80.0. The van der Waals surface area contributed by atoms with Crippen LogP contribution in [0.1, 0.15) is 0 Å². The Morgan fingerprint density at radius 1 is 0.286 bits per heavy atom. The van der Waals surface area contributed by atoms with Crippen LogP contribution in [0.5, 0.6) is 0 Å². The summed E-state index contributed by atoms with van der Waals surface area (Å²) >= 11 is 0. The quantitative estimate of drug-likeness (QED) is 0.156. The molecule has 264 valence electrons. The van der Waals surface area contributed by atoms with E-state index in [0.29, 0.717) is 0 Å². The first-order valence-electron chi connectivity index (χ1n) is 19.1. The molecule has 0 unspecified atom stereocenters. The lowest BCUT2D eigenvalue weighted by atomic mass is 9.86. The maximum Gasteiger partial charge on any atom is 0.136 e. The lowest BCUT2D eigenvalue weighted by molar-refractivity contribution is 0.669. The molecule has 0 atom stereocenters. The number of benzene rings is 9. The van der Waals surface area contributed by atoms with Gasteiger partial charge in [0.05, 0.1) is 5.69 Å². The molecule has 2 heteroatoms. The van der Waals surface area contributed by atoms with Crippen LogP contribution in [0.15, 0.2) is 229 Å². The van der Waals surface area contributed by atoms with Crippen LogP contribution in [0.3, 0.4) is 0 Å². The van der Waals surface area contributed by atoms with Gasteiger partial charge in [0.2, 0.25) is 0 Å². The molecule has 0 amide bonds. The zero-order valence-electron chi connectivity index (χ0n) is 30.7. The van der Waals surface area contributed by atoms with Crippen molar-refractivity contribution in [2.45, 2.75) is 0 Å².